The van der Waals surface area contributed by atoms with Crippen molar-refractivity contribution in [2.24, 2.45) is 0 Å². The number of aryl methyl sites for hydroxylation is 1. The van der Waals surface area contributed by atoms with Gasteiger partial charge < -0.3 is 10.2 Å². The van der Waals surface area contributed by atoms with Crippen LogP contribution in [0.3, 0.4) is 0 Å². The van der Waals surface area contributed by atoms with Gasteiger partial charge in [0.25, 0.3) is 0 Å². The third-order valence-electron chi connectivity index (χ3n) is 4.64. The van der Waals surface area contributed by atoms with Gasteiger partial charge in [0.2, 0.25) is 5.91 Å². The molecule has 2 aromatic carbocycles. The predicted molar refractivity (Wildman–Crippen MR) is 117 cm³/mol. The van der Waals surface area contributed by atoms with Crippen LogP contribution in [0.25, 0.3) is 0 Å². The van der Waals surface area contributed by atoms with E-state index in [4.69, 9.17) is 11.6 Å². The number of amides is 3. The molecule has 0 fully saturated rings. The zero-order valence-corrected chi connectivity index (χ0v) is 17.1. The Kier molecular flexibility index (Phi) is 5.78. The molecule has 0 radical (unpaired) electrons. The smallest absolute Gasteiger partial charge is 0.312 e. The summed E-state index contributed by atoms with van der Waals surface area (Å²) >= 11 is 7.24. The van der Waals surface area contributed by atoms with E-state index < -0.39 is 6.03 Å². The SMILES string of the molecule is O=C(Nc1cccc(Cl)c1)Nc1nc(CCC(=O)N2CCc3ccccc32)cs1. The molecule has 0 spiro atoms. The topological polar surface area (TPSA) is 74.3 Å². The summed E-state index contributed by atoms with van der Waals surface area (Å²) < 4.78 is 0. The number of nitrogens with one attached hydrogen (secondary N) is 2. The van der Waals surface area contributed by atoms with E-state index in [2.05, 4.69) is 21.7 Å². The molecule has 1 aliphatic rings. The average molecular weight is 427 g/mol. The van der Waals surface area contributed by atoms with Crippen LogP contribution in [0, 0.1) is 0 Å². The molecule has 0 atom stereocenters. The van der Waals surface area contributed by atoms with Gasteiger partial charge in [0.05, 0.1) is 5.69 Å². The lowest BCUT2D eigenvalue weighted by Gasteiger charge is -2.16. The largest absolute Gasteiger partial charge is 0.325 e. The number of rotatable bonds is 5. The molecule has 8 heteroatoms. The first kappa shape index (κ1) is 19.4. The van der Waals surface area contributed by atoms with E-state index in [1.165, 1.54) is 16.9 Å². The molecule has 1 aromatic heterocycles. The maximum absolute atomic E-state index is 12.6. The number of aromatic nitrogens is 1. The summed E-state index contributed by atoms with van der Waals surface area (Å²) in [6, 6.07) is 14.5. The maximum atomic E-state index is 12.6. The predicted octanol–water partition coefficient (Wildman–Crippen LogP) is 4.96. The molecular weight excluding hydrogens is 408 g/mol. The highest BCUT2D eigenvalue weighted by Gasteiger charge is 2.23. The Labute approximate surface area is 177 Å². The Morgan fingerprint density at radius 2 is 2.00 bits per heavy atom. The summed E-state index contributed by atoms with van der Waals surface area (Å²) in [4.78, 5) is 31.0. The Balaban J connectivity index is 1.29. The number of hydrogen-bond acceptors (Lipinski definition) is 4. The highest BCUT2D eigenvalue weighted by Crippen LogP contribution is 2.28. The van der Waals surface area contributed by atoms with Crippen molar-refractivity contribution in [1.82, 2.24) is 4.98 Å². The number of benzene rings is 2. The van der Waals surface area contributed by atoms with Crippen LogP contribution in [0.2, 0.25) is 5.02 Å². The summed E-state index contributed by atoms with van der Waals surface area (Å²) in [5, 5.41) is 8.31. The van der Waals surface area contributed by atoms with Crippen LogP contribution in [0.4, 0.5) is 21.3 Å². The molecule has 6 nitrogen and oxygen atoms in total. The molecular formula is C21H19ClN4O2S. The molecule has 0 aliphatic carbocycles. The summed E-state index contributed by atoms with van der Waals surface area (Å²) in [7, 11) is 0. The van der Waals surface area contributed by atoms with Crippen molar-refractivity contribution >= 4 is 51.4 Å². The fraction of sp³-hybridized carbons (Fsp3) is 0.190. The van der Waals surface area contributed by atoms with Gasteiger partial charge in [-0.2, -0.15) is 0 Å². The van der Waals surface area contributed by atoms with Crippen LogP contribution >= 0.6 is 22.9 Å². The first-order chi connectivity index (χ1) is 14.1. The lowest BCUT2D eigenvalue weighted by molar-refractivity contribution is -0.118. The summed E-state index contributed by atoms with van der Waals surface area (Å²) in [5.74, 6) is 0.0937. The number of carbonyl (C=O) groups excluding carboxylic acids is 2. The van der Waals surface area contributed by atoms with E-state index >= 15 is 0 Å². The van der Waals surface area contributed by atoms with Gasteiger partial charge in [0, 0.05) is 34.7 Å². The molecule has 1 aliphatic heterocycles. The zero-order chi connectivity index (χ0) is 20.2. The molecule has 0 bridgehead atoms. The first-order valence-corrected chi connectivity index (χ1v) is 10.5. The van der Waals surface area contributed by atoms with E-state index in [-0.39, 0.29) is 5.91 Å². The Morgan fingerprint density at radius 1 is 1.14 bits per heavy atom. The second-order valence-electron chi connectivity index (χ2n) is 6.66. The lowest BCUT2D eigenvalue weighted by atomic mass is 10.2. The minimum absolute atomic E-state index is 0.0937. The molecule has 0 saturated heterocycles. The third-order valence-corrected chi connectivity index (χ3v) is 5.68. The number of anilines is 3. The molecule has 0 saturated carbocycles. The number of hydrogen-bond donors (Lipinski definition) is 2. The summed E-state index contributed by atoms with van der Waals surface area (Å²) in [5.41, 5.74) is 3.61. The van der Waals surface area contributed by atoms with Crippen molar-refractivity contribution in [1.29, 1.82) is 0 Å². The number of nitrogens with zero attached hydrogens (tertiary/aromatic N) is 2. The number of fused-ring (bicyclic) bond motifs is 1. The molecule has 4 rings (SSSR count). The van der Waals surface area contributed by atoms with Crippen molar-refractivity contribution < 1.29 is 9.59 Å². The van der Waals surface area contributed by atoms with E-state index in [1.54, 1.807) is 24.3 Å². The standard InChI is InChI=1S/C21H19ClN4O2S/c22-15-5-3-6-16(12-15)23-20(28)25-21-24-17(13-29-21)8-9-19(27)26-11-10-14-4-1-2-7-18(14)26/h1-7,12-13H,8-11H2,(H2,23,24,25,28). The van der Waals surface area contributed by atoms with Gasteiger partial charge in [-0.1, -0.05) is 35.9 Å². The zero-order valence-electron chi connectivity index (χ0n) is 15.5. The fourth-order valence-electron chi connectivity index (χ4n) is 3.27. The lowest BCUT2D eigenvalue weighted by Crippen LogP contribution is -2.29. The van der Waals surface area contributed by atoms with Gasteiger partial charge in [0.1, 0.15) is 0 Å². The Bertz CT molecular complexity index is 1050. The van der Waals surface area contributed by atoms with Gasteiger partial charge in [-0.15, -0.1) is 11.3 Å². The summed E-state index contributed by atoms with van der Waals surface area (Å²) in [6.45, 7) is 0.728. The highest BCUT2D eigenvalue weighted by atomic mass is 35.5. The molecule has 3 aromatic rings. The average Bonchev–Trinajstić information content (AvgIpc) is 3.33. The van der Waals surface area contributed by atoms with Crippen LogP contribution in [-0.2, 0) is 17.6 Å². The van der Waals surface area contributed by atoms with E-state index in [9.17, 15) is 9.59 Å². The maximum Gasteiger partial charge on any atom is 0.325 e. The molecule has 3 amide bonds. The number of urea groups is 1. The number of carbonyl (C=O) groups is 2. The highest BCUT2D eigenvalue weighted by molar-refractivity contribution is 7.13. The second-order valence-corrected chi connectivity index (χ2v) is 7.95. The van der Waals surface area contributed by atoms with Gasteiger partial charge >= 0.3 is 6.03 Å². The van der Waals surface area contributed by atoms with Crippen LogP contribution < -0.4 is 15.5 Å². The number of thiazole rings is 1. The molecule has 2 N–H and O–H groups in total. The van der Waals surface area contributed by atoms with Crippen LogP contribution in [0.5, 0.6) is 0 Å². The van der Waals surface area contributed by atoms with Crippen molar-refractivity contribution in [3.05, 3.63) is 70.2 Å². The van der Waals surface area contributed by atoms with E-state index in [0.29, 0.717) is 28.7 Å². The molecule has 29 heavy (non-hydrogen) atoms. The van der Waals surface area contributed by atoms with Gasteiger partial charge in [-0.3, -0.25) is 10.1 Å². The van der Waals surface area contributed by atoms with Crippen LogP contribution in [-0.4, -0.2) is 23.5 Å². The summed E-state index contributed by atoms with van der Waals surface area (Å²) in [6.07, 6.45) is 1.81. The third kappa shape index (κ3) is 4.75. The molecule has 2 heterocycles. The van der Waals surface area contributed by atoms with Crippen LogP contribution in [0.15, 0.2) is 53.9 Å². The monoisotopic (exact) mass is 426 g/mol. The second kappa shape index (κ2) is 8.63. The van der Waals surface area contributed by atoms with Crippen molar-refractivity contribution in [3.63, 3.8) is 0 Å². The van der Waals surface area contributed by atoms with Crippen molar-refractivity contribution in [3.8, 4) is 0 Å². The minimum Gasteiger partial charge on any atom is -0.312 e. The van der Waals surface area contributed by atoms with Gasteiger partial charge in [0.15, 0.2) is 5.13 Å². The Hall–Kier alpha value is -2.90. The number of para-hydroxylation sites is 1. The van der Waals surface area contributed by atoms with Crippen molar-refractivity contribution in [2.45, 2.75) is 19.3 Å². The van der Waals surface area contributed by atoms with Crippen molar-refractivity contribution in [2.75, 3.05) is 22.1 Å². The quantitative estimate of drug-likeness (QED) is 0.605. The van der Waals surface area contributed by atoms with E-state index in [1.807, 2.05) is 28.5 Å². The van der Waals surface area contributed by atoms with Gasteiger partial charge in [-0.25, -0.2) is 9.78 Å². The van der Waals surface area contributed by atoms with Crippen LogP contribution in [0.1, 0.15) is 17.7 Å². The minimum atomic E-state index is -0.391. The molecule has 0 unspecified atom stereocenters. The normalized spacial score (nSPS) is 12.5. The Morgan fingerprint density at radius 3 is 2.86 bits per heavy atom. The van der Waals surface area contributed by atoms with Gasteiger partial charge in [-0.05, 0) is 42.7 Å². The first-order valence-electron chi connectivity index (χ1n) is 9.25. The molecule has 148 valence electrons. The van der Waals surface area contributed by atoms with E-state index in [0.717, 1.165) is 24.3 Å². The number of halogens is 1. The fourth-order valence-corrected chi connectivity index (χ4v) is 4.20.